The van der Waals surface area contributed by atoms with Crippen LogP contribution >= 0.6 is 0 Å². The summed E-state index contributed by atoms with van der Waals surface area (Å²) >= 11 is 0. The maximum Gasteiger partial charge on any atom is 0.315 e. The summed E-state index contributed by atoms with van der Waals surface area (Å²) in [5.41, 5.74) is 1.41. The normalized spacial score (nSPS) is 17.6. The van der Waals surface area contributed by atoms with Crippen molar-refractivity contribution in [2.45, 2.75) is 50.2 Å². The van der Waals surface area contributed by atoms with Crippen molar-refractivity contribution in [1.82, 2.24) is 4.57 Å². The number of aromatic nitrogens is 1. The predicted octanol–water partition coefficient (Wildman–Crippen LogP) is 3.29. The molecule has 1 aliphatic heterocycles. The van der Waals surface area contributed by atoms with Gasteiger partial charge in [-0.05, 0) is 63.6 Å². The van der Waals surface area contributed by atoms with E-state index in [1.165, 1.54) is 0 Å². The Morgan fingerprint density at radius 3 is 2.35 bits per heavy atom. The van der Waals surface area contributed by atoms with Crippen LogP contribution in [0, 0.1) is 0 Å². The zero-order valence-corrected chi connectivity index (χ0v) is 16.3. The van der Waals surface area contributed by atoms with Crippen LogP contribution in [0.15, 0.2) is 41.3 Å². The first-order valence-electron chi connectivity index (χ1n) is 8.58. The average Bonchev–Trinajstić information content (AvgIpc) is 3.14. The molecule has 0 saturated heterocycles. The van der Waals surface area contributed by atoms with Gasteiger partial charge in [-0.2, -0.15) is 0 Å². The summed E-state index contributed by atoms with van der Waals surface area (Å²) in [6, 6.07) is 10.4. The van der Waals surface area contributed by atoms with Gasteiger partial charge in [-0.25, -0.2) is 0 Å². The lowest BCUT2D eigenvalue weighted by Crippen LogP contribution is -2.27. The highest BCUT2D eigenvalue weighted by atomic mass is 32.2. The van der Waals surface area contributed by atoms with Crippen LogP contribution in [-0.2, 0) is 26.9 Å². The molecule has 1 aromatic carbocycles. The molecule has 0 aliphatic carbocycles. The number of esters is 1. The number of carbonyl (C=O) groups excluding carboxylic acids is 2. The number of nitrogens with zero attached hydrogens (tertiary/aromatic N) is 1. The molecule has 0 fully saturated rings. The van der Waals surface area contributed by atoms with Crippen molar-refractivity contribution in [2.75, 3.05) is 6.26 Å². The van der Waals surface area contributed by atoms with E-state index in [0.29, 0.717) is 29.1 Å². The van der Waals surface area contributed by atoms with Crippen LogP contribution in [0.5, 0.6) is 0 Å². The van der Waals surface area contributed by atoms with Crippen LogP contribution < -0.4 is 0 Å². The van der Waals surface area contributed by atoms with Gasteiger partial charge in [0, 0.05) is 39.8 Å². The third-order valence-corrected chi connectivity index (χ3v) is 5.32. The lowest BCUT2D eigenvalue weighted by atomic mass is 10.0. The van der Waals surface area contributed by atoms with E-state index >= 15 is 0 Å². The highest BCUT2D eigenvalue weighted by Gasteiger charge is 2.34. The van der Waals surface area contributed by atoms with Crippen molar-refractivity contribution < 1.29 is 18.5 Å². The molecule has 26 heavy (non-hydrogen) atoms. The Kier molecular flexibility index (Phi) is 4.88. The molecule has 2 heterocycles. The topological polar surface area (TPSA) is 65.4 Å². The Bertz CT molecular complexity index is 874. The second-order valence-electron chi connectivity index (χ2n) is 7.48. The Balaban J connectivity index is 1.84. The fourth-order valence-corrected chi connectivity index (χ4v) is 3.72. The van der Waals surface area contributed by atoms with Crippen LogP contribution in [0.25, 0.3) is 0 Å². The molecular formula is C20H23NO4S. The molecule has 1 aromatic heterocycles. The van der Waals surface area contributed by atoms with Gasteiger partial charge in [0.25, 0.3) is 0 Å². The minimum Gasteiger partial charge on any atom is -0.459 e. The molecule has 2 aromatic rings. The van der Waals surface area contributed by atoms with Crippen molar-refractivity contribution in [3.8, 4) is 0 Å². The van der Waals surface area contributed by atoms with Crippen LogP contribution in [0.2, 0.25) is 0 Å². The van der Waals surface area contributed by atoms with Crippen molar-refractivity contribution >= 4 is 22.6 Å². The summed E-state index contributed by atoms with van der Waals surface area (Å²) < 4.78 is 18.9. The number of carbonyl (C=O) groups is 2. The molecule has 2 atom stereocenters. The summed E-state index contributed by atoms with van der Waals surface area (Å²) in [7, 11) is -1.07. The first-order valence-corrected chi connectivity index (χ1v) is 10.1. The Hall–Kier alpha value is -2.21. The molecule has 0 amide bonds. The fraction of sp³-hybridized carbons (Fsp3) is 0.400. The third-order valence-electron chi connectivity index (χ3n) is 4.39. The predicted molar refractivity (Wildman–Crippen MR) is 99.8 cm³/mol. The summed E-state index contributed by atoms with van der Waals surface area (Å²) in [5.74, 6) is -0.682. The molecule has 0 radical (unpaired) electrons. The summed E-state index contributed by atoms with van der Waals surface area (Å²) in [6.07, 6.45) is 2.24. The Labute approximate surface area is 155 Å². The Morgan fingerprint density at radius 2 is 1.77 bits per heavy atom. The van der Waals surface area contributed by atoms with E-state index in [2.05, 4.69) is 0 Å². The second kappa shape index (κ2) is 6.83. The third kappa shape index (κ3) is 3.65. The van der Waals surface area contributed by atoms with E-state index in [1.54, 1.807) is 36.6 Å². The minimum atomic E-state index is -1.07. The number of benzene rings is 1. The molecule has 2 unspecified atom stereocenters. The zero-order valence-electron chi connectivity index (χ0n) is 15.4. The second-order valence-corrected chi connectivity index (χ2v) is 8.86. The molecule has 6 heteroatoms. The first-order chi connectivity index (χ1) is 12.2. The van der Waals surface area contributed by atoms with Crippen LogP contribution in [0.3, 0.4) is 0 Å². The van der Waals surface area contributed by atoms with Crippen molar-refractivity contribution in [2.24, 2.45) is 0 Å². The molecule has 0 spiro atoms. The quantitative estimate of drug-likeness (QED) is 0.609. The number of ketones is 1. The molecule has 5 nitrogen and oxygen atoms in total. The van der Waals surface area contributed by atoms with E-state index < -0.39 is 16.4 Å². The van der Waals surface area contributed by atoms with E-state index in [0.717, 1.165) is 5.69 Å². The van der Waals surface area contributed by atoms with Crippen molar-refractivity contribution in [1.29, 1.82) is 0 Å². The monoisotopic (exact) mass is 373 g/mol. The highest BCUT2D eigenvalue weighted by Crippen LogP contribution is 2.33. The molecule has 1 aliphatic rings. The van der Waals surface area contributed by atoms with E-state index in [9.17, 15) is 13.8 Å². The first kappa shape index (κ1) is 18.6. The zero-order chi connectivity index (χ0) is 19.1. The van der Waals surface area contributed by atoms with E-state index in [1.807, 2.05) is 31.4 Å². The van der Waals surface area contributed by atoms with Gasteiger partial charge < -0.3 is 9.30 Å². The average molecular weight is 373 g/mol. The lowest BCUT2D eigenvalue weighted by Gasteiger charge is -2.21. The summed E-state index contributed by atoms with van der Waals surface area (Å²) in [6.45, 7) is 6.16. The number of fused-ring (bicyclic) bond motifs is 1. The van der Waals surface area contributed by atoms with Gasteiger partial charge in [-0.3, -0.25) is 13.8 Å². The van der Waals surface area contributed by atoms with Crippen LogP contribution in [-0.4, -0.2) is 32.4 Å². The lowest BCUT2D eigenvalue weighted by molar-refractivity contribution is -0.156. The number of rotatable bonds is 4. The molecule has 0 saturated carbocycles. The van der Waals surface area contributed by atoms with E-state index in [4.69, 9.17) is 4.74 Å². The smallest absolute Gasteiger partial charge is 0.315 e. The van der Waals surface area contributed by atoms with Gasteiger partial charge in [-0.1, -0.05) is 0 Å². The van der Waals surface area contributed by atoms with Crippen molar-refractivity contribution in [3.05, 3.63) is 53.3 Å². The van der Waals surface area contributed by atoms with Gasteiger partial charge in [0.1, 0.15) is 5.60 Å². The minimum absolute atomic E-state index is 0.102. The van der Waals surface area contributed by atoms with Crippen LogP contribution in [0.1, 0.15) is 54.9 Å². The van der Waals surface area contributed by atoms with Gasteiger partial charge >= 0.3 is 5.97 Å². The highest BCUT2D eigenvalue weighted by molar-refractivity contribution is 7.84. The molecular weight excluding hydrogens is 350 g/mol. The number of ether oxygens (including phenoxy) is 1. The van der Waals surface area contributed by atoms with Crippen molar-refractivity contribution in [3.63, 3.8) is 0 Å². The van der Waals surface area contributed by atoms with E-state index in [-0.39, 0.29) is 17.7 Å². The molecule has 0 bridgehead atoms. The summed E-state index contributed by atoms with van der Waals surface area (Å²) in [5, 5.41) is 0. The Morgan fingerprint density at radius 1 is 1.12 bits per heavy atom. The van der Waals surface area contributed by atoms with Gasteiger partial charge in [-0.15, -0.1) is 0 Å². The molecule has 138 valence electrons. The fourth-order valence-electron chi connectivity index (χ4n) is 3.20. The maximum atomic E-state index is 12.8. The molecule has 0 N–H and O–H groups in total. The van der Waals surface area contributed by atoms with Crippen LogP contribution in [0.4, 0.5) is 0 Å². The standard InChI is InChI=1S/C20H23NO4S/c1-20(2,3)25-19(23)15-11-12-21-16(15)9-10-17(21)18(22)13-5-7-14(8-6-13)26(4)24/h5-10,15H,11-12H2,1-4H3. The molecule has 3 rings (SSSR count). The SMILES string of the molecule is CS(=O)c1ccc(C(=O)c2ccc3n2CCC3C(=O)OC(C)(C)C)cc1. The number of hydrogen-bond acceptors (Lipinski definition) is 4. The largest absolute Gasteiger partial charge is 0.459 e. The summed E-state index contributed by atoms with van der Waals surface area (Å²) in [4.78, 5) is 26.0. The van der Waals surface area contributed by atoms with Gasteiger partial charge in [0.2, 0.25) is 5.78 Å². The van der Waals surface area contributed by atoms with Gasteiger partial charge in [0.15, 0.2) is 0 Å². The maximum absolute atomic E-state index is 12.8. The number of hydrogen-bond donors (Lipinski definition) is 0. The van der Waals surface area contributed by atoms with Gasteiger partial charge in [0.05, 0.1) is 11.6 Å².